The zero-order valence-electron chi connectivity index (χ0n) is 58.7. The van der Waals surface area contributed by atoms with E-state index in [1.165, 1.54) is 77.2 Å². The van der Waals surface area contributed by atoms with Crippen molar-refractivity contribution >= 4 is 89.9 Å². The van der Waals surface area contributed by atoms with Crippen molar-refractivity contribution in [1.82, 2.24) is 9.13 Å². The van der Waals surface area contributed by atoms with Gasteiger partial charge in [-0.25, -0.2) is 0 Å². The van der Waals surface area contributed by atoms with E-state index in [0.717, 1.165) is 112 Å². The number of para-hydroxylation sites is 2. The maximum Gasteiger partial charge on any atom is 0.0541 e. The first-order chi connectivity index (χ1) is 50.9. The Morgan fingerprint density at radius 2 is 0.500 bits per heavy atom. The zero-order valence-corrected chi connectivity index (χ0v) is 58.7. The van der Waals surface area contributed by atoms with E-state index in [2.05, 4.69) is 400 Å². The fraction of sp³-hybridized carbons (Fsp3) is 0.0600. The molecule has 104 heavy (non-hydrogen) atoms. The lowest BCUT2D eigenvalue weighted by Crippen LogP contribution is -2.16. The Morgan fingerprint density at radius 3 is 0.846 bits per heavy atom. The van der Waals surface area contributed by atoms with Gasteiger partial charge in [0.05, 0.1) is 22.1 Å². The maximum absolute atomic E-state index is 4.06. The van der Waals surface area contributed by atoms with Gasteiger partial charge >= 0.3 is 0 Å². The molecule has 0 saturated carbocycles. The Labute approximate surface area is 607 Å². The number of fused-ring (bicyclic) bond motifs is 12. The zero-order chi connectivity index (χ0) is 70.0. The Kier molecular flexibility index (Phi) is 14.5. The van der Waals surface area contributed by atoms with Crippen LogP contribution in [0.15, 0.2) is 353 Å². The molecule has 2 aliphatic rings. The molecular formula is C100H74N4. The molecule has 17 aromatic rings. The molecule has 0 atom stereocenters. The van der Waals surface area contributed by atoms with Gasteiger partial charge in [-0.05, 0) is 246 Å². The highest BCUT2D eigenvalue weighted by atomic mass is 15.1. The molecule has 15 aromatic carbocycles. The SMILES string of the molecule is C=Cc1ccc(-c2ccc(N(c3ccc(-c4ccc5c(c4)c4cc(-c6ccc7c(c6)c6cc(-c8ccc(N(c9ccc(C=C)cc9)c9ccc%10c(c9)C(C)(C)c9ccccc9-%10)cc8)ccc6n7-c6ccccc6)ccc4n5-c4ccccc4)cc3)c3ccc4c(c3)C(C)(C)c3ccccc3-4)cc2)cc1. The van der Waals surface area contributed by atoms with Crippen molar-refractivity contribution in [2.24, 2.45) is 0 Å². The van der Waals surface area contributed by atoms with E-state index in [4.69, 9.17) is 0 Å². The standard InChI is InChI=1S/C100H74N4/c1-7-65-27-31-67(32-28-65)68-33-45-78(46-34-68)102(82-52-54-86-84-24-16-18-26-92(84)100(5,6)94(86)64-82)80-49-37-70(38-50-80)72-40-56-96-88(60-72)90-62-74(42-58-98(90)104(96)76-21-13-10-14-22-76)73-41-57-97-89(61-73)87-59-71(39-55-95(87)103(97)75-19-11-9-12-20-75)69-35-47-79(48-36-69)101(77-43-29-66(8-2)30-44-77)81-51-53-85-83-23-15-17-25-91(83)99(3,4)93(85)63-81/h7-64H,1-2H2,3-6H3. The first-order valence-corrected chi connectivity index (χ1v) is 36.1. The molecule has 0 fully saturated rings. The van der Waals surface area contributed by atoms with Crippen molar-refractivity contribution in [1.29, 1.82) is 0 Å². The van der Waals surface area contributed by atoms with Crippen LogP contribution in [0.3, 0.4) is 0 Å². The van der Waals surface area contributed by atoms with Crippen LogP contribution in [0.4, 0.5) is 34.1 Å². The lowest BCUT2D eigenvalue weighted by atomic mass is 9.82. The van der Waals surface area contributed by atoms with Crippen LogP contribution in [0.2, 0.25) is 0 Å². The summed E-state index contributed by atoms with van der Waals surface area (Å²) in [5.41, 5.74) is 35.3. The van der Waals surface area contributed by atoms with Gasteiger partial charge in [-0.15, -0.1) is 0 Å². The number of anilines is 6. The minimum atomic E-state index is -0.149. The molecule has 4 heteroatoms. The van der Waals surface area contributed by atoms with Crippen LogP contribution in [-0.4, -0.2) is 9.13 Å². The molecular weight excluding hydrogens is 1260 g/mol. The summed E-state index contributed by atoms with van der Waals surface area (Å²) in [6.07, 6.45) is 3.80. The van der Waals surface area contributed by atoms with Crippen molar-refractivity contribution in [3.05, 3.63) is 386 Å². The third-order valence-corrected chi connectivity index (χ3v) is 22.5. The van der Waals surface area contributed by atoms with Crippen molar-refractivity contribution in [3.8, 4) is 78.1 Å². The van der Waals surface area contributed by atoms with E-state index in [0.29, 0.717) is 0 Å². The first kappa shape index (κ1) is 62.0. The average molecular weight is 1330 g/mol. The summed E-state index contributed by atoms with van der Waals surface area (Å²) in [6.45, 7) is 17.5. The third-order valence-electron chi connectivity index (χ3n) is 22.5. The fourth-order valence-corrected chi connectivity index (χ4v) is 17.0. The van der Waals surface area contributed by atoms with E-state index in [1.54, 1.807) is 0 Å². The summed E-state index contributed by atoms with van der Waals surface area (Å²) in [7, 11) is 0. The van der Waals surface area contributed by atoms with E-state index >= 15 is 0 Å². The average Bonchev–Trinajstić information content (AvgIpc) is 1.57. The fourth-order valence-electron chi connectivity index (χ4n) is 17.0. The molecule has 0 aliphatic heterocycles. The molecule has 0 unspecified atom stereocenters. The molecule has 494 valence electrons. The predicted octanol–water partition coefficient (Wildman–Crippen LogP) is 27.4. The van der Waals surface area contributed by atoms with Crippen LogP contribution < -0.4 is 9.80 Å². The number of nitrogens with zero attached hydrogens (tertiary/aromatic N) is 4. The van der Waals surface area contributed by atoms with E-state index in [-0.39, 0.29) is 10.8 Å². The Morgan fingerprint density at radius 1 is 0.240 bits per heavy atom. The quantitative estimate of drug-likeness (QED) is 0.108. The van der Waals surface area contributed by atoms with Gasteiger partial charge in [0.25, 0.3) is 0 Å². The minimum absolute atomic E-state index is 0.133. The lowest BCUT2D eigenvalue weighted by molar-refractivity contribution is 0.660. The summed E-state index contributed by atoms with van der Waals surface area (Å²) in [5.74, 6) is 0. The lowest BCUT2D eigenvalue weighted by Gasteiger charge is -2.28. The highest BCUT2D eigenvalue weighted by Gasteiger charge is 2.37. The Balaban J connectivity index is 0.692. The maximum atomic E-state index is 4.06. The molecule has 2 aliphatic carbocycles. The normalized spacial score (nSPS) is 13.0. The van der Waals surface area contributed by atoms with Crippen LogP contribution in [0, 0.1) is 0 Å². The van der Waals surface area contributed by atoms with Gasteiger partial charge in [0.15, 0.2) is 0 Å². The largest absolute Gasteiger partial charge is 0.310 e. The van der Waals surface area contributed by atoms with Crippen molar-refractivity contribution in [2.45, 2.75) is 38.5 Å². The third kappa shape index (κ3) is 10.1. The van der Waals surface area contributed by atoms with Crippen molar-refractivity contribution < 1.29 is 0 Å². The van der Waals surface area contributed by atoms with Crippen LogP contribution in [-0.2, 0) is 10.8 Å². The number of hydrogen-bond donors (Lipinski definition) is 0. The molecule has 0 spiro atoms. The summed E-state index contributed by atoms with van der Waals surface area (Å²) in [6, 6.07) is 126. The first-order valence-electron chi connectivity index (χ1n) is 36.1. The summed E-state index contributed by atoms with van der Waals surface area (Å²) < 4.78 is 4.84. The number of hydrogen-bond acceptors (Lipinski definition) is 2. The van der Waals surface area contributed by atoms with E-state index in [9.17, 15) is 0 Å². The second-order valence-electron chi connectivity index (χ2n) is 29.0. The summed E-state index contributed by atoms with van der Waals surface area (Å²) in [5, 5.41) is 4.79. The minimum Gasteiger partial charge on any atom is -0.310 e. The molecule has 0 radical (unpaired) electrons. The van der Waals surface area contributed by atoms with Crippen LogP contribution in [0.5, 0.6) is 0 Å². The van der Waals surface area contributed by atoms with Crippen LogP contribution >= 0.6 is 0 Å². The highest BCUT2D eigenvalue weighted by molar-refractivity contribution is 6.14. The molecule has 19 rings (SSSR count). The Hall–Kier alpha value is -13.0. The summed E-state index contributed by atoms with van der Waals surface area (Å²) in [4.78, 5) is 4.80. The topological polar surface area (TPSA) is 16.3 Å². The molecule has 0 bridgehead atoms. The molecule has 2 heterocycles. The molecule has 0 N–H and O–H groups in total. The number of aromatic nitrogens is 2. The van der Waals surface area contributed by atoms with Gasteiger partial charge in [0, 0.05) is 77.9 Å². The van der Waals surface area contributed by atoms with Crippen LogP contribution in [0.25, 0.3) is 134 Å². The van der Waals surface area contributed by atoms with Gasteiger partial charge in [0.2, 0.25) is 0 Å². The molecule has 0 saturated heterocycles. The van der Waals surface area contributed by atoms with Crippen molar-refractivity contribution in [2.75, 3.05) is 9.80 Å². The monoisotopic (exact) mass is 1330 g/mol. The highest BCUT2D eigenvalue weighted by Crippen LogP contribution is 2.53. The Bertz CT molecular complexity index is 6270. The molecule has 2 aromatic heterocycles. The van der Waals surface area contributed by atoms with E-state index in [1.807, 2.05) is 12.2 Å². The second-order valence-corrected chi connectivity index (χ2v) is 29.0. The predicted molar refractivity (Wildman–Crippen MR) is 442 cm³/mol. The van der Waals surface area contributed by atoms with Crippen molar-refractivity contribution in [3.63, 3.8) is 0 Å². The smallest absolute Gasteiger partial charge is 0.0541 e. The second kappa shape index (κ2) is 24.4. The van der Waals surface area contributed by atoms with E-state index < -0.39 is 0 Å². The molecule has 4 nitrogen and oxygen atoms in total. The van der Waals surface area contributed by atoms with Crippen LogP contribution in [0.1, 0.15) is 61.1 Å². The summed E-state index contributed by atoms with van der Waals surface area (Å²) >= 11 is 0. The van der Waals surface area contributed by atoms with Gasteiger partial charge in [0.1, 0.15) is 0 Å². The molecule has 0 amide bonds. The number of benzene rings is 15. The van der Waals surface area contributed by atoms with Gasteiger partial charge in [-0.1, -0.05) is 247 Å². The van der Waals surface area contributed by atoms with Gasteiger partial charge in [-0.2, -0.15) is 0 Å². The van der Waals surface area contributed by atoms with Gasteiger partial charge < -0.3 is 18.9 Å². The number of rotatable bonds is 14. The van der Waals surface area contributed by atoms with Gasteiger partial charge in [-0.3, -0.25) is 0 Å².